The fraction of sp³-hybridized carbons (Fsp3) is 0.273. The smallest absolute Gasteiger partial charge is 0.340 e. The van der Waals surface area contributed by atoms with Crippen LogP contribution in [0.25, 0.3) is 0 Å². The van der Waals surface area contributed by atoms with Crippen LogP contribution < -0.4 is 15.2 Å². The predicted molar refractivity (Wildman–Crippen MR) is 62.5 cm³/mol. The molecule has 18 heavy (non-hydrogen) atoms. The van der Waals surface area contributed by atoms with E-state index in [-0.39, 0.29) is 23.8 Å². The number of ether oxygens (including phenoxy) is 2. The van der Waals surface area contributed by atoms with Gasteiger partial charge in [0.05, 0.1) is 19.4 Å². The monoisotopic (exact) mass is 255 g/mol. The van der Waals surface area contributed by atoms with Gasteiger partial charge >= 0.3 is 11.9 Å². The molecule has 0 aliphatic carbocycles. The first-order chi connectivity index (χ1) is 8.43. The molecule has 7 nitrogen and oxygen atoms in total. The first-order valence-electron chi connectivity index (χ1n) is 5.03. The van der Waals surface area contributed by atoms with Crippen LogP contribution in [0.3, 0.4) is 0 Å². The van der Waals surface area contributed by atoms with Crippen molar-refractivity contribution in [2.45, 2.75) is 6.92 Å². The Kier molecular flexibility index (Phi) is 3.98. The van der Waals surface area contributed by atoms with E-state index >= 15 is 0 Å². The number of anilines is 1. The van der Waals surface area contributed by atoms with Gasteiger partial charge in [0.15, 0.2) is 11.5 Å². The summed E-state index contributed by atoms with van der Waals surface area (Å²) in [6, 6.07) is 1.22. The van der Waals surface area contributed by atoms with Crippen LogP contribution in [0.2, 0.25) is 0 Å². The molecule has 0 aliphatic rings. The topological polar surface area (TPSA) is 119 Å². The van der Waals surface area contributed by atoms with E-state index in [1.165, 1.54) is 13.2 Å². The minimum Gasteiger partial charge on any atom is -0.493 e. The van der Waals surface area contributed by atoms with Crippen molar-refractivity contribution in [3.8, 4) is 11.5 Å². The second-order valence-corrected chi connectivity index (χ2v) is 3.29. The number of hydrogen-bond donors (Lipinski definition) is 3. The molecule has 0 unspecified atom stereocenters. The molecule has 0 spiro atoms. The Morgan fingerprint density at radius 3 is 2.22 bits per heavy atom. The lowest BCUT2D eigenvalue weighted by atomic mass is 10.0. The van der Waals surface area contributed by atoms with Gasteiger partial charge in [-0.05, 0) is 6.92 Å². The standard InChI is InChI=1S/C11H13NO6/c1-3-18-9-6(17-2)4-5(12)7(10(13)14)8(9)11(15)16/h4H,3,12H2,1-2H3,(H,13,14)(H,15,16). The third-order valence-corrected chi connectivity index (χ3v) is 2.21. The molecule has 0 saturated heterocycles. The highest BCUT2D eigenvalue weighted by Crippen LogP contribution is 2.37. The summed E-state index contributed by atoms with van der Waals surface area (Å²) < 4.78 is 10.1. The van der Waals surface area contributed by atoms with Gasteiger partial charge < -0.3 is 25.4 Å². The molecular weight excluding hydrogens is 242 g/mol. The minimum absolute atomic E-state index is 0.0803. The fourth-order valence-electron chi connectivity index (χ4n) is 1.53. The first-order valence-corrected chi connectivity index (χ1v) is 5.03. The maximum atomic E-state index is 11.2. The molecular formula is C11H13NO6. The average Bonchev–Trinajstić information content (AvgIpc) is 2.29. The Morgan fingerprint density at radius 2 is 1.83 bits per heavy atom. The Bertz CT molecular complexity index is 497. The van der Waals surface area contributed by atoms with Crippen LogP contribution in [-0.4, -0.2) is 35.9 Å². The molecule has 0 saturated carbocycles. The number of rotatable bonds is 5. The van der Waals surface area contributed by atoms with E-state index in [0.29, 0.717) is 0 Å². The highest BCUT2D eigenvalue weighted by molar-refractivity contribution is 6.08. The summed E-state index contributed by atoms with van der Waals surface area (Å²) in [5, 5.41) is 18.1. The van der Waals surface area contributed by atoms with Gasteiger partial charge in [0.2, 0.25) is 0 Å². The zero-order valence-corrected chi connectivity index (χ0v) is 9.89. The van der Waals surface area contributed by atoms with Gasteiger partial charge in [-0.15, -0.1) is 0 Å². The summed E-state index contributed by atoms with van der Waals surface area (Å²) >= 11 is 0. The summed E-state index contributed by atoms with van der Waals surface area (Å²) in [7, 11) is 1.31. The Morgan fingerprint density at radius 1 is 1.28 bits per heavy atom. The zero-order chi connectivity index (χ0) is 13.9. The van der Waals surface area contributed by atoms with Crippen LogP contribution in [0.4, 0.5) is 5.69 Å². The molecule has 0 aromatic heterocycles. The molecule has 0 aliphatic heterocycles. The van der Waals surface area contributed by atoms with E-state index in [1.54, 1.807) is 6.92 Å². The Hall–Kier alpha value is -2.44. The van der Waals surface area contributed by atoms with Gasteiger partial charge in [0.1, 0.15) is 11.1 Å². The molecule has 1 rings (SSSR count). The first kappa shape index (κ1) is 13.6. The van der Waals surface area contributed by atoms with E-state index in [4.69, 9.17) is 25.4 Å². The van der Waals surface area contributed by atoms with Crippen molar-refractivity contribution in [3.05, 3.63) is 17.2 Å². The van der Waals surface area contributed by atoms with E-state index in [9.17, 15) is 9.59 Å². The molecule has 0 amide bonds. The van der Waals surface area contributed by atoms with E-state index in [1.807, 2.05) is 0 Å². The Labute approximate surface area is 103 Å². The number of methoxy groups -OCH3 is 1. The highest BCUT2D eigenvalue weighted by atomic mass is 16.5. The summed E-state index contributed by atoms with van der Waals surface area (Å²) in [5.41, 5.74) is 4.31. The molecule has 0 heterocycles. The SMILES string of the molecule is CCOc1c(OC)cc(N)c(C(=O)O)c1C(=O)O. The van der Waals surface area contributed by atoms with Crippen molar-refractivity contribution < 1.29 is 29.3 Å². The molecule has 4 N–H and O–H groups in total. The Balaban J connectivity index is 3.68. The maximum Gasteiger partial charge on any atom is 0.340 e. The van der Waals surface area contributed by atoms with E-state index in [0.717, 1.165) is 0 Å². The molecule has 0 atom stereocenters. The maximum absolute atomic E-state index is 11.2. The van der Waals surface area contributed by atoms with Crippen LogP contribution in [0.1, 0.15) is 27.6 Å². The van der Waals surface area contributed by atoms with Crippen molar-refractivity contribution in [1.82, 2.24) is 0 Å². The fourth-order valence-corrected chi connectivity index (χ4v) is 1.53. The van der Waals surface area contributed by atoms with Crippen molar-refractivity contribution in [1.29, 1.82) is 0 Å². The summed E-state index contributed by atoms with van der Waals surface area (Å²) in [6.45, 7) is 1.81. The van der Waals surface area contributed by atoms with Crippen molar-refractivity contribution in [2.75, 3.05) is 19.5 Å². The van der Waals surface area contributed by atoms with E-state index < -0.39 is 23.1 Å². The molecule has 0 bridgehead atoms. The lowest BCUT2D eigenvalue weighted by Crippen LogP contribution is -2.14. The van der Waals surface area contributed by atoms with Gasteiger partial charge in [-0.1, -0.05) is 0 Å². The number of carbonyl (C=O) groups is 2. The predicted octanol–water partition coefficient (Wildman–Crippen LogP) is 1.07. The van der Waals surface area contributed by atoms with Gasteiger partial charge in [0.25, 0.3) is 0 Å². The van der Waals surface area contributed by atoms with Gasteiger partial charge in [0, 0.05) is 6.07 Å². The van der Waals surface area contributed by atoms with Gasteiger partial charge in [-0.25, -0.2) is 9.59 Å². The summed E-state index contributed by atoms with van der Waals surface area (Å²) in [5.74, 6) is -2.94. The van der Waals surface area contributed by atoms with Crippen LogP contribution in [0.15, 0.2) is 6.07 Å². The molecule has 1 aromatic carbocycles. The number of benzene rings is 1. The van der Waals surface area contributed by atoms with E-state index in [2.05, 4.69) is 0 Å². The highest BCUT2D eigenvalue weighted by Gasteiger charge is 2.27. The number of nitrogen functional groups attached to an aromatic ring is 1. The summed E-state index contributed by atoms with van der Waals surface area (Å²) in [6.07, 6.45) is 0. The van der Waals surface area contributed by atoms with Gasteiger partial charge in [-0.3, -0.25) is 0 Å². The zero-order valence-electron chi connectivity index (χ0n) is 9.89. The normalized spacial score (nSPS) is 9.89. The lowest BCUT2D eigenvalue weighted by Gasteiger charge is -2.15. The van der Waals surface area contributed by atoms with Crippen LogP contribution >= 0.6 is 0 Å². The third-order valence-electron chi connectivity index (χ3n) is 2.21. The van der Waals surface area contributed by atoms with Crippen LogP contribution in [0.5, 0.6) is 11.5 Å². The van der Waals surface area contributed by atoms with Gasteiger partial charge in [-0.2, -0.15) is 0 Å². The van der Waals surface area contributed by atoms with Crippen molar-refractivity contribution in [3.63, 3.8) is 0 Å². The van der Waals surface area contributed by atoms with Crippen molar-refractivity contribution >= 4 is 17.6 Å². The minimum atomic E-state index is -1.44. The average molecular weight is 255 g/mol. The van der Waals surface area contributed by atoms with Crippen LogP contribution in [0, 0.1) is 0 Å². The molecule has 0 radical (unpaired) electrons. The second kappa shape index (κ2) is 5.26. The van der Waals surface area contributed by atoms with Crippen molar-refractivity contribution in [2.24, 2.45) is 0 Å². The molecule has 0 fully saturated rings. The number of nitrogens with two attached hydrogens (primary N) is 1. The molecule has 7 heteroatoms. The number of aromatic carboxylic acids is 2. The van der Waals surface area contributed by atoms with Crippen LogP contribution in [-0.2, 0) is 0 Å². The second-order valence-electron chi connectivity index (χ2n) is 3.29. The number of carboxylic acids is 2. The number of hydrogen-bond acceptors (Lipinski definition) is 5. The lowest BCUT2D eigenvalue weighted by molar-refractivity contribution is 0.0647. The quantitative estimate of drug-likeness (QED) is 0.673. The molecule has 98 valence electrons. The molecule has 1 aromatic rings. The number of carboxylic acid groups (broad SMARTS) is 2. The largest absolute Gasteiger partial charge is 0.493 e. The third kappa shape index (κ3) is 2.29. The summed E-state index contributed by atoms with van der Waals surface area (Å²) in [4.78, 5) is 22.3.